The Balaban J connectivity index is 1.87. The molecule has 1 unspecified atom stereocenters. The Morgan fingerprint density at radius 3 is 2.52 bits per heavy atom. The third-order valence-electron chi connectivity index (χ3n) is 5.58. The van der Waals surface area contributed by atoms with Crippen molar-refractivity contribution in [3.05, 3.63) is 0 Å². The van der Waals surface area contributed by atoms with Gasteiger partial charge in [-0.05, 0) is 32.6 Å². The maximum absolute atomic E-state index is 13.2. The molecule has 1 atom stereocenters. The first-order valence-corrected chi connectivity index (χ1v) is 9.96. The van der Waals surface area contributed by atoms with Gasteiger partial charge in [0.2, 0.25) is 0 Å². The Labute approximate surface area is 129 Å². The number of hydrogen-bond donors (Lipinski definition) is 1. The zero-order chi connectivity index (χ0) is 14.9. The number of nitrogens with zero attached hydrogens (tertiary/aromatic N) is 2. The zero-order valence-electron chi connectivity index (χ0n) is 13.2. The van der Waals surface area contributed by atoms with E-state index in [-0.39, 0.29) is 11.6 Å². The van der Waals surface area contributed by atoms with Crippen molar-refractivity contribution in [3.8, 4) is 0 Å². The lowest BCUT2D eigenvalue weighted by atomic mass is 9.80. The summed E-state index contributed by atoms with van der Waals surface area (Å²) in [6, 6.07) is 0.152. The molecular weight excluding hydrogens is 286 g/mol. The van der Waals surface area contributed by atoms with Gasteiger partial charge in [-0.15, -0.1) is 0 Å². The molecule has 0 aromatic rings. The molecule has 0 bridgehead atoms. The second-order valence-electron chi connectivity index (χ2n) is 7.00. The predicted molar refractivity (Wildman–Crippen MR) is 84.3 cm³/mol. The standard InChI is InChI=1S/C15H29N3O2S/c1-14-7-3-6-11-17(14)21(19,20)18-12-10-16-13-15(18)8-4-2-5-9-15/h14,16H,2-13H2,1H3. The van der Waals surface area contributed by atoms with Crippen molar-refractivity contribution >= 4 is 10.2 Å². The quantitative estimate of drug-likeness (QED) is 0.844. The van der Waals surface area contributed by atoms with E-state index in [2.05, 4.69) is 12.2 Å². The Hall–Kier alpha value is -0.170. The molecule has 21 heavy (non-hydrogen) atoms. The SMILES string of the molecule is CC1CCCCN1S(=O)(=O)N1CCNCC12CCCCC2. The minimum absolute atomic E-state index is 0.152. The summed E-state index contributed by atoms with van der Waals surface area (Å²) in [4.78, 5) is 0. The van der Waals surface area contributed by atoms with E-state index in [1.54, 1.807) is 4.31 Å². The number of piperidine rings is 1. The highest BCUT2D eigenvalue weighted by Gasteiger charge is 2.48. The zero-order valence-corrected chi connectivity index (χ0v) is 14.0. The largest absolute Gasteiger partial charge is 0.314 e. The fourth-order valence-electron chi connectivity index (χ4n) is 4.36. The van der Waals surface area contributed by atoms with E-state index >= 15 is 0 Å². The minimum atomic E-state index is -3.32. The van der Waals surface area contributed by atoms with E-state index in [4.69, 9.17) is 0 Å². The summed E-state index contributed by atoms with van der Waals surface area (Å²) in [7, 11) is -3.32. The van der Waals surface area contributed by atoms with E-state index in [0.717, 1.165) is 58.0 Å². The Bertz CT molecular complexity index is 451. The molecule has 3 rings (SSSR count). The third kappa shape index (κ3) is 2.87. The van der Waals surface area contributed by atoms with E-state index in [9.17, 15) is 8.42 Å². The lowest BCUT2D eigenvalue weighted by Gasteiger charge is -2.50. The van der Waals surface area contributed by atoms with Gasteiger partial charge in [-0.1, -0.05) is 25.7 Å². The molecule has 1 saturated carbocycles. The second kappa shape index (κ2) is 6.14. The van der Waals surface area contributed by atoms with Crippen LogP contribution in [0.15, 0.2) is 0 Å². The second-order valence-corrected chi connectivity index (χ2v) is 8.80. The fraction of sp³-hybridized carbons (Fsp3) is 1.00. The third-order valence-corrected chi connectivity index (χ3v) is 7.84. The van der Waals surface area contributed by atoms with Crippen molar-refractivity contribution in [3.63, 3.8) is 0 Å². The Kier molecular flexibility index (Phi) is 4.60. The molecule has 3 fully saturated rings. The van der Waals surface area contributed by atoms with Crippen LogP contribution in [0.5, 0.6) is 0 Å². The highest BCUT2D eigenvalue weighted by molar-refractivity contribution is 7.86. The summed E-state index contributed by atoms with van der Waals surface area (Å²) in [5.74, 6) is 0. The van der Waals surface area contributed by atoms with E-state index < -0.39 is 10.2 Å². The Morgan fingerprint density at radius 1 is 1.05 bits per heavy atom. The van der Waals surface area contributed by atoms with Crippen LogP contribution in [0.1, 0.15) is 58.3 Å². The van der Waals surface area contributed by atoms with Gasteiger partial charge in [-0.3, -0.25) is 0 Å². The van der Waals surface area contributed by atoms with Crippen molar-refractivity contribution in [1.29, 1.82) is 0 Å². The molecule has 2 saturated heterocycles. The first kappa shape index (κ1) is 15.7. The van der Waals surface area contributed by atoms with E-state index in [0.29, 0.717) is 13.1 Å². The van der Waals surface area contributed by atoms with Gasteiger partial charge >= 0.3 is 0 Å². The van der Waals surface area contributed by atoms with Gasteiger partial charge in [0.15, 0.2) is 0 Å². The van der Waals surface area contributed by atoms with Crippen LogP contribution in [-0.4, -0.2) is 54.8 Å². The molecule has 0 aromatic carbocycles. The van der Waals surface area contributed by atoms with Crippen LogP contribution >= 0.6 is 0 Å². The van der Waals surface area contributed by atoms with Crippen molar-refractivity contribution in [2.24, 2.45) is 0 Å². The van der Waals surface area contributed by atoms with Crippen molar-refractivity contribution in [2.45, 2.75) is 69.9 Å². The number of hydrogen-bond acceptors (Lipinski definition) is 3. The van der Waals surface area contributed by atoms with Crippen LogP contribution in [-0.2, 0) is 10.2 Å². The monoisotopic (exact) mass is 315 g/mol. The molecule has 5 nitrogen and oxygen atoms in total. The summed E-state index contributed by atoms with van der Waals surface area (Å²) >= 11 is 0. The van der Waals surface area contributed by atoms with Crippen molar-refractivity contribution in [1.82, 2.24) is 13.9 Å². The van der Waals surface area contributed by atoms with Crippen LogP contribution in [0, 0.1) is 0 Å². The average Bonchev–Trinajstić information content (AvgIpc) is 2.48. The van der Waals surface area contributed by atoms with Gasteiger partial charge in [0.05, 0.1) is 0 Å². The molecule has 0 aromatic heterocycles. The van der Waals surface area contributed by atoms with Gasteiger partial charge < -0.3 is 5.32 Å². The van der Waals surface area contributed by atoms with Crippen molar-refractivity contribution in [2.75, 3.05) is 26.2 Å². The molecule has 2 aliphatic heterocycles. The summed E-state index contributed by atoms with van der Waals surface area (Å²) in [5.41, 5.74) is -0.160. The van der Waals surface area contributed by atoms with Crippen LogP contribution in [0.2, 0.25) is 0 Å². The van der Waals surface area contributed by atoms with Gasteiger partial charge in [-0.25, -0.2) is 0 Å². The first-order valence-electron chi connectivity index (χ1n) is 8.57. The normalized spacial score (nSPS) is 32.3. The van der Waals surface area contributed by atoms with E-state index in [1.165, 1.54) is 6.42 Å². The number of rotatable bonds is 2. The highest BCUT2D eigenvalue weighted by Crippen LogP contribution is 2.38. The van der Waals surface area contributed by atoms with Gasteiger partial charge in [0.25, 0.3) is 10.2 Å². The topological polar surface area (TPSA) is 52.7 Å². The number of piperazine rings is 1. The Morgan fingerprint density at radius 2 is 1.81 bits per heavy atom. The lowest BCUT2D eigenvalue weighted by Crippen LogP contribution is -2.66. The van der Waals surface area contributed by atoms with Crippen LogP contribution in [0.3, 0.4) is 0 Å². The summed E-state index contributed by atoms with van der Waals surface area (Å²) in [6.07, 6.45) is 8.74. The number of nitrogens with one attached hydrogen (secondary N) is 1. The maximum Gasteiger partial charge on any atom is 0.282 e. The molecule has 0 amide bonds. The first-order chi connectivity index (χ1) is 10.1. The summed E-state index contributed by atoms with van der Waals surface area (Å²) in [5, 5.41) is 3.44. The van der Waals surface area contributed by atoms with Crippen LogP contribution in [0.4, 0.5) is 0 Å². The molecule has 6 heteroatoms. The van der Waals surface area contributed by atoms with Gasteiger partial charge in [0, 0.05) is 37.8 Å². The molecule has 122 valence electrons. The molecule has 3 aliphatic rings. The van der Waals surface area contributed by atoms with Crippen LogP contribution in [0.25, 0.3) is 0 Å². The maximum atomic E-state index is 13.2. The van der Waals surface area contributed by atoms with Crippen LogP contribution < -0.4 is 5.32 Å². The van der Waals surface area contributed by atoms with Gasteiger partial charge in [-0.2, -0.15) is 17.0 Å². The van der Waals surface area contributed by atoms with Gasteiger partial charge in [0.1, 0.15) is 0 Å². The molecular formula is C15H29N3O2S. The molecule has 1 aliphatic carbocycles. The molecule has 0 radical (unpaired) electrons. The lowest BCUT2D eigenvalue weighted by molar-refractivity contribution is 0.0892. The predicted octanol–water partition coefficient (Wildman–Crippen LogP) is 1.71. The highest BCUT2D eigenvalue weighted by atomic mass is 32.2. The van der Waals surface area contributed by atoms with E-state index in [1.807, 2.05) is 4.31 Å². The summed E-state index contributed by atoms with van der Waals surface area (Å²) < 4.78 is 30.1. The molecule has 1 spiro atoms. The average molecular weight is 315 g/mol. The fourth-order valence-corrected chi connectivity index (χ4v) is 6.60. The molecule has 2 heterocycles. The van der Waals surface area contributed by atoms with Crippen molar-refractivity contribution < 1.29 is 8.42 Å². The smallest absolute Gasteiger partial charge is 0.282 e. The minimum Gasteiger partial charge on any atom is -0.314 e. The molecule has 1 N–H and O–H groups in total. The summed E-state index contributed by atoms with van der Waals surface area (Å²) in [6.45, 7) is 5.00.